The van der Waals surface area contributed by atoms with E-state index in [1.165, 1.54) is 6.92 Å². The quantitative estimate of drug-likeness (QED) is 0.528. The van der Waals surface area contributed by atoms with Gasteiger partial charge in [-0.15, -0.1) is 0 Å². The van der Waals surface area contributed by atoms with Crippen LogP contribution >= 0.6 is 0 Å². The second kappa shape index (κ2) is 8.28. The summed E-state index contributed by atoms with van der Waals surface area (Å²) in [6.07, 6.45) is 3.52. The molecule has 116 valence electrons. The number of H-pyrrole nitrogens is 1. The molecular weight excluding hydrogens is 276 g/mol. The third-order valence-electron chi connectivity index (χ3n) is 2.78. The number of ketones is 2. The summed E-state index contributed by atoms with van der Waals surface area (Å²) >= 11 is 0. The van der Waals surface area contributed by atoms with Crippen molar-refractivity contribution in [3.05, 3.63) is 18.2 Å². The average molecular weight is 296 g/mol. The Kier molecular flexibility index (Phi) is 6.70. The van der Waals surface area contributed by atoms with Crippen LogP contribution in [-0.4, -0.2) is 40.1 Å². The highest BCUT2D eigenvalue weighted by atomic mass is 16.7. The van der Waals surface area contributed by atoms with Crippen molar-refractivity contribution < 1.29 is 19.2 Å². The van der Waals surface area contributed by atoms with Gasteiger partial charge in [0.2, 0.25) is 5.91 Å². The number of hydrogen-bond acceptors (Lipinski definition) is 6. The highest BCUT2D eigenvalue weighted by Gasteiger charge is 2.22. The summed E-state index contributed by atoms with van der Waals surface area (Å²) in [6, 6.07) is -0.718. The van der Waals surface area contributed by atoms with Gasteiger partial charge in [0.05, 0.1) is 6.04 Å². The van der Waals surface area contributed by atoms with E-state index >= 15 is 0 Å². The smallest absolute Gasteiger partial charge is 0.246 e. The monoisotopic (exact) mass is 296 g/mol. The van der Waals surface area contributed by atoms with Gasteiger partial charge in [0.25, 0.3) is 0 Å². The summed E-state index contributed by atoms with van der Waals surface area (Å²) in [5.74, 6) is -0.875. The van der Waals surface area contributed by atoms with Gasteiger partial charge in [-0.05, 0) is 6.92 Å². The van der Waals surface area contributed by atoms with Crippen molar-refractivity contribution >= 4 is 17.5 Å². The Morgan fingerprint density at radius 3 is 2.76 bits per heavy atom. The lowest BCUT2D eigenvalue weighted by Gasteiger charge is -2.14. The second-order valence-electron chi connectivity index (χ2n) is 4.87. The van der Waals surface area contributed by atoms with Gasteiger partial charge in [-0.2, -0.15) is 0 Å². The van der Waals surface area contributed by atoms with E-state index in [4.69, 9.17) is 10.6 Å². The second-order valence-corrected chi connectivity index (χ2v) is 4.87. The molecule has 1 aromatic heterocycles. The number of hydrogen-bond donors (Lipinski definition) is 3. The summed E-state index contributed by atoms with van der Waals surface area (Å²) < 4.78 is 0. The first-order chi connectivity index (χ1) is 9.90. The molecule has 4 N–H and O–H groups in total. The van der Waals surface area contributed by atoms with E-state index in [0.717, 1.165) is 0 Å². The summed E-state index contributed by atoms with van der Waals surface area (Å²) in [6.45, 7) is 2.72. The predicted molar refractivity (Wildman–Crippen MR) is 73.8 cm³/mol. The molecule has 0 aliphatic rings. The molecule has 0 bridgehead atoms. The fraction of sp³-hybridized carbons (Fsp3) is 0.538. The first-order valence-electron chi connectivity index (χ1n) is 6.57. The normalized spacial score (nSPS) is 13.5. The minimum absolute atomic E-state index is 0.00284. The lowest BCUT2D eigenvalue weighted by molar-refractivity contribution is -0.142. The molecule has 8 heteroatoms. The van der Waals surface area contributed by atoms with Gasteiger partial charge >= 0.3 is 0 Å². The number of rotatable bonds is 9. The van der Waals surface area contributed by atoms with E-state index in [0.29, 0.717) is 12.2 Å². The van der Waals surface area contributed by atoms with Gasteiger partial charge in [-0.1, -0.05) is 6.92 Å². The molecule has 0 aliphatic heterocycles. The van der Waals surface area contributed by atoms with Crippen molar-refractivity contribution in [2.45, 2.75) is 32.7 Å². The zero-order chi connectivity index (χ0) is 15.8. The maximum absolute atomic E-state index is 11.9. The minimum Gasteiger partial charge on any atom is -0.349 e. The Morgan fingerprint density at radius 1 is 1.48 bits per heavy atom. The van der Waals surface area contributed by atoms with Crippen molar-refractivity contribution in [2.75, 3.05) is 6.61 Å². The first kappa shape index (κ1) is 17.0. The Balaban J connectivity index is 2.35. The highest BCUT2D eigenvalue weighted by Crippen LogP contribution is 2.06. The first-order valence-corrected chi connectivity index (χ1v) is 6.57. The molecular formula is C13H20N4O4. The molecule has 0 unspecified atom stereocenters. The van der Waals surface area contributed by atoms with Crippen LogP contribution in [0.25, 0.3) is 0 Å². The lowest BCUT2D eigenvalue weighted by atomic mass is 9.98. The van der Waals surface area contributed by atoms with Gasteiger partial charge in [-0.25, -0.2) is 10.5 Å². The van der Waals surface area contributed by atoms with Crippen LogP contribution in [0.1, 0.15) is 26.1 Å². The van der Waals surface area contributed by atoms with E-state index in [-0.39, 0.29) is 24.6 Å². The summed E-state index contributed by atoms with van der Waals surface area (Å²) in [7, 11) is 0. The molecule has 2 atom stereocenters. The van der Waals surface area contributed by atoms with Crippen molar-refractivity contribution in [3.63, 3.8) is 0 Å². The van der Waals surface area contributed by atoms with Gasteiger partial charge in [0.1, 0.15) is 12.4 Å². The van der Waals surface area contributed by atoms with Crippen molar-refractivity contribution in [1.82, 2.24) is 15.4 Å². The molecule has 0 saturated heterocycles. The third kappa shape index (κ3) is 6.28. The zero-order valence-corrected chi connectivity index (χ0v) is 12.1. The number of hydroxylamine groups is 1. The van der Waals surface area contributed by atoms with Gasteiger partial charge in [-0.3, -0.25) is 19.2 Å². The molecule has 0 fully saturated rings. The molecule has 1 rings (SSSR count). The van der Waals surface area contributed by atoms with Crippen molar-refractivity contribution in [1.29, 1.82) is 0 Å². The zero-order valence-electron chi connectivity index (χ0n) is 12.1. The number of nitrogens with one attached hydrogen (secondary N) is 2. The third-order valence-corrected chi connectivity index (χ3v) is 2.78. The fourth-order valence-corrected chi connectivity index (χ4v) is 1.59. The maximum atomic E-state index is 11.9. The molecule has 21 heavy (non-hydrogen) atoms. The molecule has 1 amide bonds. The lowest BCUT2D eigenvalue weighted by Crippen LogP contribution is -2.37. The van der Waals surface area contributed by atoms with Crippen LogP contribution in [0.15, 0.2) is 12.4 Å². The van der Waals surface area contributed by atoms with Crippen LogP contribution in [0.4, 0.5) is 0 Å². The number of aromatic nitrogens is 2. The van der Waals surface area contributed by atoms with Gasteiger partial charge in [0, 0.05) is 31.2 Å². The van der Waals surface area contributed by atoms with Crippen LogP contribution in [0, 0.1) is 5.92 Å². The van der Waals surface area contributed by atoms with Crippen LogP contribution in [-0.2, 0) is 25.6 Å². The van der Waals surface area contributed by atoms with E-state index in [1.54, 1.807) is 19.3 Å². The topological polar surface area (TPSA) is 127 Å². The van der Waals surface area contributed by atoms with Crippen molar-refractivity contribution in [2.24, 2.45) is 11.7 Å². The van der Waals surface area contributed by atoms with Crippen LogP contribution < -0.4 is 11.2 Å². The standard InChI is InChI=1S/C13H20N4O4/c1-8(13(20)17-21-7-9(2)18)5-11(19)10(14)6-12-15-3-4-16-12/h3-4,8,10H,5-7,14H2,1-2H3,(H,15,16)(H,17,20)/t8-,10+/m1/s1. The molecule has 1 heterocycles. The summed E-state index contributed by atoms with van der Waals surface area (Å²) in [4.78, 5) is 45.8. The van der Waals surface area contributed by atoms with E-state index in [9.17, 15) is 14.4 Å². The number of carbonyl (C=O) groups excluding carboxylic acids is 3. The SMILES string of the molecule is CC(=O)CONC(=O)[C@H](C)CC(=O)[C@@H](N)Cc1ncc[nH]1. The van der Waals surface area contributed by atoms with Crippen LogP contribution in [0.2, 0.25) is 0 Å². The summed E-state index contributed by atoms with van der Waals surface area (Å²) in [5.41, 5.74) is 7.91. The van der Waals surface area contributed by atoms with Crippen LogP contribution in [0.3, 0.4) is 0 Å². The molecule has 0 saturated carbocycles. The molecule has 8 nitrogen and oxygen atoms in total. The molecule has 0 aliphatic carbocycles. The van der Waals surface area contributed by atoms with Gasteiger partial charge < -0.3 is 10.7 Å². The number of Topliss-reactive ketones (excluding diaryl/α,β-unsaturated/α-hetero) is 2. The van der Waals surface area contributed by atoms with E-state index in [2.05, 4.69) is 15.4 Å². The number of aromatic amines is 1. The van der Waals surface area contributed by atoms with Crippen LogP contribution in [0.5, 0.6) is 0 Å². The fourth-order valence-electron chi connectivity index (χ4n) is 1.59. The Morgan fingerprint density at radius 2 is 2.19 bits per heavy atom. The number of imidazole rings is 1. The minimum atomic E-state index is -0.718. The number of nitrogens with zero attached hydrogens (tertiary/aromatic N) is 1. The molecule has 0 aromatic carbocycles. The molecule has 1 aromatic rings. The van der Waals surface area contributed by atoms with E-state index in [1.807, 2.05) is 0 Å². The summed E-state index contributed by atoms with van der Waals surface area (Å²) in [5, 5.41) is 0. The number of nitrogens with two attached hydrogens (primary N) is 1. The average Bonchev–Trinajstić information content (AvgIpc) is 2.90. The molecule has 0 radical (unpaired) electrons. The highest BCUT2D eigenvalue weighted by molar-refractivity contribution is 5.89. The predicted octanol–water partition coefficient (Wildman–Crippen LogP) is -0.488. The van der Waals surface area contributed by atoms with Crippen molar-refractivity contribution in [3.8, 4) is 0 Å². The van der Waals surface area contributed by atoms with Gasteiger partial charge in [0.15, 0.2) is 11.6 Å². The Hall–Kier alpha value is -2.06. The van der Waals surface area contributed by atoms with E-state index < -0.39 is 17.9 Å². The maximum Gasteiger partial charge on any atom is 0.246 e. The Labute approximate surface area is 122 Å². The molecule has 0 spiro atoms. The number of amides is 1. The Bertz CT molecular complexity index is 486. The largest absolute Gasteiger partial charge is 0.349 e. The number of carbonyl (C=O) groups is 3.